The number of anilines is 2. The average molecular weight is 367 g/mol. The molecule has 138 valence electrons. The molecule has 0 saturated carbocycles. The number of aromatic amines is 1. The lowest BCUT2D eigenvalue weighted by Crippen LogP contribution is -2.15. The van der Waals surface area contributed by atoms with Crippen LogP contribution in [-0.2, 0) is 9.47 Å². The molecule has 27 heavy (non-hydrogen) atoms. The minimum Gasteiger partial charge on any atom is -0.508 e. The summed E-state index contributed by atoms with van der Waals surface area (Å²) in [6.45, 7) is 1.96. The number of pyridine rings is 1. The lowest BCUT2D eigenvalue weighted by atomic mass is 10.1. The van der Waals surface area contributed by atoms with E-state index >= 15 is 0 Å². The fourth-order valence-corrected chi connectivity index (χ4v) is 2.68. The quantitative estimate of drug-likeness (QED) is 0.531. The summed E-state index contributed by atoms with van der Waals surface area (Å²) in [5.74, 6) is -0.847. The molecule has 3 N–H and O–H groups in total. The maximum absolute atomic E-state index is 12.4. The molecule has 3 aromatic rings. The third-order valence-corrected chi connectivity index (χ3v) is 3.98. The van der Waals surface area contributed by atoms with Crippen molar-refractivity contribution in [3.8, 4) is 5.75 Å². The van der Waals surface area contributed by atoms with Gasteiger partial charge in [-0.1, -0.05) is 0 Å². The molecule has 0 aliphatic heterocycles. The zero-order chi connectivity index (χ0) is 19.4. The van der Waals surface area contributed by atoms with Gasteiger partial charge in [0, 0.05) is 11.8 Å². The molecule has 1 aromatic heterocycles. The molecule has 0 spiro atoms. The molecule has 0 unspecified atom stereocenters. The summed E-state index contributed by atoms with van der Waals surface area (Å²) in [6, 6.07) is 11.4. The van der Waals surface area contributed by atoms with Crippen molar-refractivity contribution in [2.75, 3.05) is 19.0 Å². The van der Waals surface area contributed by atoms with Crippen molar-refractivity contribution in [1.82, 2.24) is 0 Å². The number of ether oxygens (including phenoxy) is 2. The summed E-state index contributed by atoms with van der Waals surface area (Å²) in [5.41, 5.74) is 2.51. The Morgan fingerprint density at radius 2 is 1.85 bits per heavy atom. The number of hydrogen-bond acceptors (Lipinski definition) is 6. The normalized spacial score (nSPS) is 10.4. The Labute approximate surface area is 155 Å². The number of methoxy groups -OCH3 is 1. The third kappa shape index (κ3) is 3.82. The van der Waals surface area contributed by atoms with Gasteiger partial charge in [-0.25, -0.2) is 14.6 Å². The van der Waals surface area contributed by atoms with Crippen molar-refractivity contribution in [2.24, 2.45) is 0 Å². The summed E-state index contributed by atoms with van der Waals surface area (Å²) < 4.78 is 9.93. The van der Waals surface area contributed by atoms with Crippen LogP contribution in [0.15, 0.2) is 48.7 Å². The lowest BCUT2D eigenvalue weighted by Gasteiger charge is -2.12. The Balaban J connectivity index is 2.19. The molecule has 0 amide bonds. The predicted molar refractivity (Wildman–Crippen MR) is 99.2 cm³/mol. The van der Waals surface area contributed by atoms with Crippen LogP contribution in [0.3, 0.4) is 0 Å². The van der Waals surface area contributed by atoms with Crippen LogP contribution < -0.4 is 10.3 Å². The van der Waals surface area contributed by atoms with Gasteiger partial charge < -0.3 is 19.9 Å². The maximum atomic E-state index is 12.4. The predicted octanol–water partition coefficient (Wildman–Crippen LogP) is 3.07. The largest absolute Gasteiger partial charge is 0.508 e. The van der Waals surface area contributed by atoms with E-state index in [4.69, 9.17) is 9.47 Å². The van der Waals surface area contributed by atoms with Gasteiger partial charge >= 0.3 is 11.9 Å². The van der Waals surface area contributed by atoms with Crippen LogP contribution in [0.2, 0.25) is 0 Å². The highest BCUT2D eigenvalue weighted by atomic mass is 16.5. The second kappa shape index (κ2) is 7.74. The molecule has 7 heteroatoms. The van der Waals surface area contributed by atoms with Gasteiger partial charge in [0.25, 0.3) is 0 Å². The maximum Gasteiger partial charge on any atom is 0.346 e. The summed E-state index contributed by atoms with van der Waals surface area (Å²) in [4.78, 5) is 27.4. The first kappa shape index (κ1) is 18.2. The van der Waals surface area contributed by atoms with Crippen LogP contribution in [0.1, 0.15) is 27.6 Å². The molecule has 0 bridgehead atoms. The number of benzene rings is 2. The molecule has 0 aliphatic carbocycles. The van der Waals surface area contributed by atoms with Crippen LogP contribution >= 0.6 is 0 Å². The second-order valence-electron chi connectivity index (χ2n) is 5.72. The number of carbonyl (C=O) groups is 2. The fourth-order valence-electron chi connectivity index (χ4n) is 2.68. The van der Waals surface area contributed by atoms with E-state index in [9.17, 15) is 14.7 Å². The minimum absolute atomic E-state index is 0.130. The molecule has 0 saturated heterocycles. The van der Waals surface area contributed by atoms with Crippen LogP contribution in [0.5, 0.6) is 5.75 Å². The van der Waals surface area contributed by atoms with E-state index < -0.39 is 11.9 Å². The van der Waals surface area contributed by atoms with Crippen molar-refractivity contribution in [1.29, 1.82) is 0 Å². The van der Waals surface area contributed by atoms with Gasteiger partial charge in [0.1, 0.15) is 11.3 Å². The van der Waals surface area contributed by atoms with E-state index in [0.29, 0.717) is 27.9 Å². The highest BCUT2D eigenvalue weighted by molar-refractivity contribution is 6.06. The molecular formula is C20H19N2O5+. The monoisotopic (exact) mass is 367 g/mol. The van der Waals surface area contributed by atoms with Crippen LogP contribution in [-0.4, -0.2) is 30.8 Å². The summed E-state index contributed by atoms with van der Waals surface area (Å²) in [7, 11) is 1.31. The average Bonchev–Trinajstić information content (AvgIpc) is 2.69. The minimum atomic E-state index is -0.500. The number of esters is 2. The molecule has 0 aliphatic rings. The number of phenolic OH excluding ortho intramolecular Hbond substituents is 1. The molecule has 3 rings (SSSR count). The van der Waals surface area contributed by atoms with Crippen LogP contribution in [0.25, 0.3) is 10.9 Å². The van der Waals surface area contributed by atoms with Crippen molar-refractivity contribution in [2.45, 2.75) is 6.92 Å². The van der Waals surface area contributed by atoms with E-state index in [2.05, 4.69) is 10.3 Å². The zero-order valence-corrected chi connectivity index (χ0v) is 14.9. The van der Waals surface area contributed by atoms with Crippen molar-refractivity contribution in [3.63, 3.8) is 0 Å². The Morgan fingerprint density at radius 3 is 2.52 bits per heavy atom. The van der Waals surface area contributed by atoms with E-state index in [-0.39, 0.29) is 12.4 Å². The number of fused-ring (bicyclic) bond motifs is 1. The second-order valence-corrected chi connectivity index (χ2v) is 5.72. The van der Waals surface area contributed by atoms with E-state index in [1.807, 2.05) is 0 Å². The van der Waals surface area contributed by atoms with Crippen molar-refractivity contribution < 1.29 is 29.2 Å². The Kier molecular flexibility index (Phi) is 5.21. The van der Waals surface area contributed by atoms with Gasteiger partial charge in [-0.05, 0) is 43.3 Å². The van der Waals surface area contributed by atoms with E-state index in [1.54, 1.807) is 43.5 Å². The van der Waals surface area contributed by atoms with Gasteiger partial charge in [-0.15, -0.1) is 0 Å². The number of nitrogens with one attached hydrogen (secondary N) is 2. The van der Waals surface area contributed by atoms with Gasteiger partial charge in [-0.2, -0.15) is 0 Å². The number of rotatable bonds is 5. The van der Waals surface area contributed by atoms with Gasteiger partial charge in [0.2, 0.25) is 5.52 Å². The van der Waals surface area contributed by atoms with Crippen molar-refractivity contribution in [3.05, 3.63) is 59.8 Å². The number of aromatic nitrogens is 1. The molecule has 1 heterocycles. The lowest BCUT2D eigenvalue weighted by molar-refractivity contribution is -0.344. The molecule has 0 atom stereocenters. The number of carbonyl (C=O) groups excluding carboxylic acids is 2. The fraction of sp³-hybridized carbons (Fsp3) is 0.150. The number of aromatic hydroxyl groups is 1. The molecular weight excluding hydrogens is 348 g/mol. The van der Waals surface area contributed by atoms with E-state index in [1.165, 1.54) is 19.2 Å². The Morgan fingerprint density at radius 1 is 1.11 bits per heavy atom. The van der Waals surface area contributed by atoms with Crippen molar-refractivity contribution >= 4 is 34.2 Å². The third-order valence-electron chi connectivity index (χ3n) is 3.98. The zero-order valence-electron chi connectivity index (χ0n) is 14.9. The van der Waals surface area contributed by atoms with E-state index in [0.717, 1.165) is 5.52 Å². The molecule has 2 aromatic carbocycles. The van der Waals surface area contributed by atoms with Gasteiger partial charge in [-0.3, -0.25) is 0 Å². The first-order valence-corrected chi connectivity index (χ1v) is 8.33. The SMILES string of the molecule is CCOC(=O)c1c[nH+]c2ccc(C(=O)OC)cc2c1Nc1ccc(O)cc1. The number of H-pyrrole nitrogens is 1. The summed E-state index contributed by atoms with van der Waals surface area (Å²) >= 11 is 0. The first-order valence-electron chi connectivity index (χ1n) is 8.33. The Hall–Kier alpha value is -3.61. The number of hydrogen-bond donors (Lipinski definition) is 2. The smallest absolute Gasteiger partial charge is 0.346 e. The Bertz CT molecular complexity index is 999. The molecule has 7 nitrogen and oxygen atoms in total. The molecule has 0 fully saturated rings. The first-order chi connectivity index (χ1) is 13.0. The highest BCUT2D eigenvalue weighted by Crippen LogP contribution is 2.30. The summed E-state index contributed by atoms with van der Waals surface area (Å²) in [6.07, 6.45) is 1.56. The molecule has 0 radical (unpaired) electrons. The number of phenols is 1. The summed E-state index contributed by atoms with van der Waals surface area (Å²) in [5, 5.41) is 13.3. The topological polar surface area (TPSA) is 99.0 Å². The standard InChI is InChI=1S/C20H18N2O5/c1-3-27-20(25)16-11-21-17-9-4-12(19(24)26-2)10-15(17)18(16)22-13-5-7-14(23)8-6-13/h4-11,23H,3H2,1-2H3,(H,21,22)/p+1. The van der Waals surface area contributed by atoms with Crippen LogP contribution in [0, 0.1) is 0 Å². The van der Waals surface area contributed by atoms with Gasteiger partial charge in [0.15, 0.2) is 6.20 Å². The van der Waals surface area contributed by atoms with Crippen LogP contribution in [0.4, 0.5) is 11.4 Å². The highest BCUT2D eigenvalue weighted by Gasteiger charge is 2.21. The van der Waals surface area contributed by atoms with Gasteiger partial charge in [0.05, 0.1) is 30.4 Å².